The molecule has 1 aliphatic heterocycles. The molecule has 2 aliphatic rings. The van der Waals surface area contributed by atoms with Crippen LogP contribution in [0.25, 0.3) is 0 Å². The largest absolute Gasteiger partial charge is 0.329 e. The summed E-state index contributed by atoms with van der Waals surface area (Å²) < 4.78 is 3.72. The first-order valence-electron chi connectivity index (χ1n) is 7.96. The summed E-state index contributed by atoms with van der Waals surface area (Å²) in [6.45, 7) is 6.87. The third-order valence-corrected chi connectivity index (χ3v) is 7.26. The van der Waals surface area contributed by atoms with Crippen molar-refractivity contribution in [2.24, 2.45) is 5.41 Å². The van der Waals surface area contributed by atoms with Crippen molar-refractivity contribution in [1.82, 2.24) is 9.55 Å². The van der Waals surface area contributed by atoms with Crippen molar-refractivity contribution in [3.05, 3.63) is 39.6 Å². The van der Waals surface area contributed by atoms with E-state index < -0.39 is 0 Å². The second-order valence-electron chi connectivity index (χ2n) is 7.20. The first kappa shape index (κ1) is 16.3. The topological polar surface area (TPSA) is 21.1 Å². The lowest BCUT2D eigenvalue weighted by Crippen LogP contribution is -2.17. The Balaban J connectivity index is 1.75. The van der Waals surface area contributed by atoms with Gasteiger partial charge in [0.1, 0.15) is 11.6 Å². The van der Waals surface area contributed by atoms with E-state index >= 15 is 0 Å². The van der Waals surface area contributed by atoms with E-state index in [1.807, 2.05) is 6.20 Å². The number of fused-ring (bicyclic) bond motifs is 3. The van der Waals surface area contributed by atoms with Crippen molar-refractivity contribution >= 4 is 55.8 Å². The fourth-order valence-corrected chi connectivity index (χ4v) is 6.27. The van der Waals surface area contributed by atoms with E-state index in [4.69, 9.17) is 4.98 Å². The second kappa shape index (κ2) is 5.99. The molecule has 0 saturated heterocycles. The van der Waals surface area contributed by atoms with Crippen LogP contribution in [0.15, 0.2) is 22.8 Å². The molecule has 0 radical (unpaired) electrons. The summed E-state index contributed by atoms with van der Waals surface area (Å²) in [5.41, 5.74) is 4.86. The molecule has 2 aromatic heterocycles. The number of hydrogen-bond acceptors (Lipinski definition) is 2. The molecule has 0 aromatic carbocycles. The number of anilines is 2. The first-order valence-corrected chi connectivity index (χ1v) is 13.1. The van der Waals surface area contributed by atoms with Crippen molar-refractivity contribution in [2.75, 3.05) is 11.4 Å². The molecule has 3 heterocycles. The van der Waals surface area contributed by atoms with Crippen molar-refractivity contribution in [3.63, 3.8) is 0 Å². The van der Waals surface area contributed by atoms with Crippen molar-refractivity contribution in [1.29, 1.82) is 0 Å². The lowest BCUT2D eigenvalue weighted by Gasteiger charge is -2.21. The van der Waals surface area contributed by atoms with Crippen LogP contribution in [0.2, 0.25) is 0 Å². The smallest absolute Gasteiger partial charge is 0.138 e. The van der Waals surface area contributed by atoms with Gasteiger partial charge in [0.15, 0.2) is 0 Å². The standard InChI is InChI=1S/C17H20BrIN3P/c1-17(2)8-11-7-15-21(14(11)9-17)5-6-22(15)16-12(10-23-19)13(18)3-4-20-16/h3-4,7,23H,5-6,8-10H2,1-2H3. The minimum absolute atomic E-state index is 0.418. The predicted octanol–water partition coefficient (Wildman–Crippen LogP) is 5.45. The molecule has 0 N–H and O–H groups in total. The second-order valence-corrected chi connectivity index (χ2v) is 11.0. The summed E-state index contributed by atoms with van der Waals surface area (Å²) in [4.78, 5) is 7.15. The Morgan fingerprint density at radius 2 is 2.17 bits per heavy atom. The van der Waals surface area contributed by atoms with Crippen LogP contribution in [0.3, 0.4) is 0 Å². The normalized spacial score (nSPS) is 18.9. The van der Waals surface area contributed by atoms with Gasteiger partial charge in [-0.05, 0) is 36.0 Å². The average molecular weight is 504 g/mol. The van der Waals surface area contributed by atoms with Crippen LogP contribution >= 0.6 is 44.2 Å². The Morgan fingerprint density at radius 3 is 2.96 bits per heavy atom. The summed E-state index contributed by atoms with van der Waals surface area (Å²) in [5, 5.41) is 0. The van der Waals surface area contributed by atoms with E-state index in [0.29, 0.717) is 5.41 Å². The molecule has 4 rings (SSSR count). The van der Waals surface area contributed by atoms with Crippen LogP contribution < -0.4 is 4.90 Å². The molecule has 3 nitrogen and oxygen atoms in total. The highest BCUT2D eigenvalue weighted by Gasteiger charge is 2.36. The highest BCUT2D eigenvalue weighted by Crippen LogP contribution is 2.45. The van der Waals surface area contributed by atoms with Crippen LogP contribution in [-0.4, -0.2) is 16.1 Å². The quantitative estimate of drug-likeness (QED) is 0.410. The maximum absolute atomic E-state index is 4.73. The van der Waals surface area contributed by atoms with Crippen LogP contribution in [-0.2, 0) is 25.5 Å². The van der Waals surface area contributed by atoms with Gasteiger partial charge in [0.25, 0.3) is 0 Å². The van der Waals surface area contributed by atoms with Gasteiger partial charge in [0.05, 0.1) is 0 Å². The zero-order chi connectivity index (χ0) is 16.2. The first-order chi connectivity index (χ1) is 11.0. The summed E-state index contributed by atoms with van der Waals surface area (Å²) in [5.74, 6) is 2.48. The molecular formula is C17H20BrIN3P. The molecule has 122 valence electrons. The van der Waals surface area contributed by atoms with Gasteiger partial charge >= 0.3 is 0 Å². The SMILES string of the molecule is CC1(C)Cc2cc3n(c2C1)CCN3c1nccc(Br)c1CPI. The van der Waals surface area contributed by atoms with E-state index in [9.17, 15) is 0 Å². The third-order valence-electron chi connectivity index (χ3n) is 4.89. The van der Waals surface area contributed by atoms with Crippen molar-refractivity contribution in [3.8, 4) is 0 Å². The third kappa shape index (κ3) is 2.77. The minimum atomic E-state index is 0.418. The molecule has 0 bridgehead atoms. The van der Waals surface area contributed by atoms with E-state index in [1.54, 1.807) is 11.3 Å². The van der Waals surface area contributed by atoms with Crippen LogP contribution in [0, 0.1) is 5.41 Å². The van der Waals surface area contributed by atoms with Crippen LogP contribution in [0.5, 0.6) is 0 Å². The van der Waals surface area contributed by atoms with Gasteiger partial charge in [-0.2, -0.15) is 0 Å². The molecule has 0 amide bonds. The highest BCUT2D eigenvalue weighted by atomic mass is 127. The van der Waals surface area contributed by atoms with E-state index in [0.717, 1.165) is 31.3 Å². The maximum Gasteiger partial charge on any atom is 0.138 e. The summed E-state index contributed by atoms with van der Waals surface area (Å²) in [7, 11) is 0. The van der Waals surface area contributed by atoms with Crippen molar-refractivity contribution in [2.45, 2.75) is 39.4 Å². The summed E-state index contributed by atoms with van der Waals surface area (Å²) >= 11 is 6.19. The number of nitrogens with zero attached hydrogens (tertiary/aromatic N) is 3. The molecule has 0 fully saturated rings. The molecule has 1 aliphatic carbocycles. The van der Waals surface area contributed by atoms with E-state index in [-0.39, 0.29) is 0 Å². The zero-order valence-corrected chi connectivity index (χ0v) is 18.1. The van der Waals surface area contributed by atoms with Gasteiger partial charge in [0, 0.05) is 41.2 Å². The molecule has 6 heteroatoms. The zero-order valence-electron chi connectivity index (χ0n) is 13.4. The lowest BCUT2D eigenvalue weighted by atomic mass is 9.90. The Kier molecular flexibility index (Phi) is 4.26. The lowest BCUT2D eigenvalue weighted by molar-refractivity contribution is 0.386. The van der Waals surface area contributed by atoms with Gasteiger partial charge in [-0.3, -0.25) is 0 Å². The van der Waals surface area contributed by atoms with Gasteiger partial charge in [-0.25, -0.2) is 4.98 Å². The fourth-order valence-electron chi connectivity index (χ4n) is 3.95. The Hall–Kier alpha value is -0.130. The van der Waals surface area contributed by atoms with E-state index in [2.05, 4.69) is 73.4 Å². The van der Waals surface area contributed by atoms with Gasteiger partial charge in [-0.1, -0.05) is 58.0 Å². The minimum Gasteiger partial charge on any atom is -0.329 e. The Labute approximate surface area is 160 Å². The summed E-state index contributed by atoms with van der Waals surface area (Å²) in [6.07, 6.45) is 6.26. The molecule has 23 heavy (non-hydrogen) atoms. The predicted molar refractivity (Wildman–Crippen MR) is 111 cm³/mol. The average Bonchev–Trinajstić information content (AvgIpc) is 3.10. The Bertz CT molecular complexity index is 771. The monoisotopic (exact) mass is 503 g/mol. The molecular weight excluding hydrogens is 484 g/mol. The molecule has 1 unspecified atom stereocenters. The number of rotatable bonds is 3. The highest BCUT2D eigenvalue weighted by molar-refractivity contribution is 14.2. The Morgan fingerprint density at radius 1 is 1.35 bits per heavy atom. The van der Waals surface area contributed by atoms with Crippen LogP contribution in [0.4, 0.5) is 11.6 Å². The molecule has 0 saturated carbocycles. The van der Waals surface area contributed by atoms with E-state index in [1.165, 1.54) is 28.7 Å². The van der Waals surface area contributed by atoms with Gasteiger partial charge in [0.2, 0.25) is 0 Å². The fraction of sp³-hybridized carbons (Fsp3) is 0.471. The number of pyridine rings is 1. The maximum atomic E-state index is 4.73. The van der Waals surface area contributed by atoms with Gasteiger partial charge in [-0.15, -0.1) is 0 Å². The van der Waals surface area contributed by atoms with Crippen LogP contribution in [0.1, 0.15) is 30.7 Å². The summed E-state index contributed by atoms with van der Waals surface area (Å²) in [6, 6.07) is 4.48. The number of hydrogen-bond donors (Lipinski definition) is 0. The molecule has 0 spiro atoms. The molecule has 1 atom stereocenters. The van der Waals surface area contributed by atoms with Crippen molar-refractivity contribution < 1.29 is 0 Å². The van der Waals surface area contributed by atoms with Gasteiger partial charge < -0.3 is 9.47 Å². The molecule has 2 aromatic rings. The number of halogens is 2. The number of aromatic nitrogens is 2.